The molecule has 5 heteroatoms. The van der Waals surface area contributed by atoms with Gasteiger partial charge in [0.05, 0.1) is 26.7 Å². The molecule has 0 aliphatic heterocycles. The van der Waals surface area contributed by atoms with Crippen molar-refractivity contribution in [2.45, 2.75) is 168 Å². The van der Waals surface area contributed by atoms with Crippen LogP contribution in [0.1, 0.15) is 168 Å². The van der Waals surface area contributed by atoms with Crippen molar-refractivity contribution in [3.8, 4) is 0 Å². The molecule has 0 aromatic carbocycles. The highest BCUT2D eigenvalue weighted by atomic mass is 32.2. The number of rotatable bonds is 29. The van der Waals surface area contributed by atoms with E-state index < -0.39 is 10.1 Å². The zero-order valence-corrected chi connectivity index (χ0v) is 25.7. The maximum Gasteiger partial charge on any atom is 0.270 e. The Balaban J connectivity index is 3.91. The van der Waals surface area contributed by atoms with Crippen molar-refractivity contribution in [1.82, 2.24) is 0 Å². The lowest BCUT2D eigenvalue weighted by Gasteiger charge is -2.34. The van der Waals surface area contributed by atoms with Gasteiger partial charge in [-0.1, -0.05) is 142 Å². The second-order valence-electron chi connectivity index (χ2n) is 11.9. The summed E-state index contributed by atoms with van der Waals surface area (Å²) in [4.78, 5) is 0. The predicted molar refractivity (Wildman–Crippen MR) is 159 cm³/mol. The van der Waals surface area contributed by atoms with E-state index in [0.717, 1.165) is 30.4 Å². The normalized spacial score (nSPS) is 12.4. The van der Waals surface area contributed by atoms with Crippen LogP contribution in [0.15, 0.2) is 0 Å². The molecule has 0 rings (SSSR count). The molecule has 0 saturated carbocycles. The van der Waals surface area contributed by atoms with Crippen molar-refractivity contribution in [3.63, 3.8) is 0 Å². The summed E-state index contributed by atoms with van der Waals surface area (Å²) in [6, 6.07) is 0. The smallest absolute Gasteiger partial charge is 0.270 e. The van der Waals surface area contributed by atoms with E-state index in [9.17, 15) is 13.0 Å². The average Bonchev–Trinajstić information content (AvgIpc) is 2.84. The van der Waals surface area contributed by atoms with Gasteiger partial charge in [0.15, 0.2) is 0 Å². The largest absolute Gasteiger partial charge is 0.325 e. The van der Waals surface area contributed by atoms with Crippen LogP contribution in [0.25, 0.3) is 0 Å². The van der Waals surface area contributed by atoms with Gasteiger partial charge in [-0.15, -0.1) is 0 Å². The Morgan fingerprint density at radius 3 is 0.944 bits per heavy atom. The number of hydrogen-bond donors (Lipinski definition) is 1. The summed E-state index contributed by atoms with van der Waals surface area (Å²) in [5.41, 5.74) is 0. The molecular weight excluding hydrogens is 466 g/mol. The molecule has 0 saturated heterocycles. The van der Waals surface area contributed by atoms with E-state index in [4.69, 9.17) is 0 Å². The van der Waals surface area contributed by atoms with E-state index in [0.29, 0.717) is 6.54 Å². The van der Waals surface area contributed by atoms with Gasteiger partial charge >= 0.3 is 0 Å². The molecule has 0 spiro atoms. The molecule has 218 valence electrons. The van der Waals surface area contributed by atoms with Crippen molar-refractivity contribution >= 4 is 10.1 Å². The Bertz CT molecular complexity index is 522. The highest BCUT2D eigenvalue weighted by Crippen LogP contribution is 2.16. The molecule has 0 unspecified atom stereocenters. The van der Waals surface area contributed by atoms with Gasteiger partial charge in [-0.25, -0.2) is 0 Å². The standard InChI is InChI=1S/C31H65NO3S/c1-4-6-8-10-12-14-16-18-20-22-24-26-28-32(3,30-31-36(33,34)35)29-27-25-23-21-19-17-15-13-11-9-7-5-2/h4-31H2,1-3H3/p+1. The molecule has 0 atom stereocenters. The molecule has 0 aliphatic rings. The molecule has 0 fully saturated rings. The van der Waals surface area contributed by atoms with E-state index in [-0.39, 0.29) is 5.75 Å². The zero-order valence-electron chi connectivity index (χ0n) is 24.9. The first-order chi connectivity index (χ1) is 17.3. The quantitative estimate of drug-likeness (QED) is 0.0592. The number of unbranched alkanes of at least 4 members (excludes halogenated alkanes) is 22. The van der Waals surface area contributed by atoms with Crippen LogP contribution in [0.4, 0.5) is 0 Å². The molecule has 0 aromatic heterocycles. The van der Waals surface area contributed by atoms with Crippen LogP contribution in [0.3, 0.4) is 0 Å². The maximum absolute atomic E-state index is 11.4. The third-order valence-corrected chi connectivity index (χ3v) is 8.69. The predicted octanol–water partition coefficient (Wildman–Crippen LogP) is 9.72. The van der Waals surface area contributed by atoms with Gasteiger partial charge in [-0.05, 0) is 25.7 Å². The van der Waals surface area contributed by atoms with Crippen molar-refractivity contribution in [1.29, 1.82) is 0 Å². The van der Waals surface area contributed by atoms with Crippen LogP contribution in [0, 0.1) is 0 Å². The molecule has 0 aromatic rings. The zero-order chi connectivity index (χ0) is 26.8. The lowest BCUT2D eigenvalue weighted by Crippen LogP contribution is -2.48. The summed E-state index contributed by atoms with van der Waals surface area (Å²) < 4.78 is 32.8. The number of nitrogens with zero attached hydrogens (tertiary/aromatic N) is 1. The first-order valence-electron chi connectivity index (χ1n) is 16.1. The summed E-state index contributed by atoms with van der Waals surface area (Å²) in [6.45, 7) is 7.15. The molecule has 0 radical (unpaired) electrons. The van der Waals surface area contributed by atoms with Crippen LogP contribution in [0.5, 0.6) is 0 Å². The Kier molecular flexibility index (Phi) is 25.1. The van der Waals surface area contributed by atoms with Crippen molar-refractivity contribution in [3.05, 3.63) is 0 Å². The van der Waals surface area contributed by atoms with Crippen molar-refractivity contribution in [2.75, 3.05) is 32.4 Å². The molecule has 0 bridgehead atoms. The monoisotopic (exact) mass is 532 g/mol. The third-order valence-electron chi connectivity index (χ3n) is 7.99. The summed E-state index contributed by atoms with van der Waals surface area (Å²) in [5.74, 6) is -0.111. The summed E-state index contributed by atoms with van der Waals surface area (Å²) in [7, 11) is -1.69. The van der Waals surface area contributed by atoms with Crippen molar-refractivity contribution < 1.29 is 17.5 Å². The number of hydrogen-bond acceptors (Lipinski definition) is 2. The summed E-state index contributed by atoms with van der Waals surface area (Å²) in [5, 5.41) is 0. The second kappa shape index (κ2) is 25.2. The molecule has 36 heavy (non-hydrogen) atoms. The molecule has 0 heterocycles. The van der Waals surface area contributed by atoms with E-state index in [2.05, 4.69) is 20.9 Å². The average molecular weight is 533 g/mol. The molecule has 0 amide bonds. The second-order valence-corrected chi connectivity index (χ2v) is 13.4. The first kappa shape index (κ1) is 35.9. The first-order valence-corrected chi connectivity index (χ1v) is 17.7. The highest BCUT2D eigenvalue weighted by molar-refractivity contribution is 7.85. The molecule has 0 aliphatic carbocycles. The molecule has 1 N–H and O–H groups in total. The number of quaternary nitrogens is 1. The van der Waals surface area contributed by atoms with Gasteiger partial charge in [0.25, 0.3) is 10.1 Å². The van der Waals surface area contributed by atoms with Crippen LogP contribution in [-0.2, 0) is 10.1 Å². The van der Waals surface area contributed by atoms with Gasteiger partial charge in [-0.2, -0.15) is 8.42 Å². The minimum absolute atomic E-state index is 0.111. The van der Waals surface area contributed by atoms with E-state index in [1.807, 2.05) is 0 Å². The summed E-state index contributed by atoms with van der Waals surface area (Å²) >= 11 is 0. The SMILES string of the molecule is CCCCCCCCCCCCCC[N+](C)(CCCCCCCCCCCCCC)CCS(=O)(=O)O. The third kappa shape index (κ3) is 26.9. The maximum atomic E-state index is 11.4. The Morgan fingerprint density at radius 2 is 0.694 bits per heavy atom. The van der Waals surface area contributed by atoms with Crippen LogP contribution < -0.4 is 0 Å². The molecule has 4 nitrogen and oxygen atoms in total. The fraction of sp³-hybridized carbons (Fsp3) is 1.00. The van der Waals surface area contributed by atoms with Crippen LogP contribution in [-0.4, -0.2) is 49.9 Å². The van der Waals surface area contributed by atoms with Gasteiger partial charge < -0.3 is 4.48 Å². The highest BCUT2D eigenvalue weighted by Gasteiger charge is 2.23. The fourth-order valence-electron chi connectivity index (χ4n) is 5.34. The Hall–Kier alpha value is -0.130. The Labute approximate surface area is 227 Å². The Morgan fingerprint density at radius 1 is 0.444 bits per heavy atom. The van der Waals surface area contributed by atoms with Crippen molar-refractivity contribution in [2.24, 2.45) is 0 Å². The lowest BCUT2D eigenvalue weighted by atomic mass is 10.0. The minimum atomic E-state index is -3.88. The summed E-state index contributed by atoms with van der Waals surface area (Å²) in [6.07, 6.45) is 32.2. The van der Waals surface area contributed by atoms with Gasteiger partial charge in [0, 0.05) is 0 Å². The topological polar surface area (TPSA) is 54.4 Å². The minimum Gasteiger partial charge on any atom is -0.325 e. The van der Waals surface area contributed by atoms with Gasteiger partial charge in [0.2, 0.25) is 0 Å². The van der Waals surface area contributed by atoms with Gasteiger partial charge in [-0.3, -0.25) is 4.55 Å². The fourth-order valence-corrected chi connectivity index (χ4v) is 6.01. The van der Waals surface area contributed by atoms with Crippen LogP contribution >= 0.6 is 0 Å². The van der Waals surface area contributed by atoms with Crippen LogP contribution in [0.2, 0.25) is 0 Å². The molecular formula is C31H66NO3S+. The van der Waals surface area contributed by atoms with E-state index >= 15 is 0 Å². The van der Waals surface area contributed by atoms with E-state index in [1.54, 1.807) is 0 Å². The van der Waals surface area contributed by atoms with Gasteiger partial charge in [0.1, 0.15) is 5.75 Å². The lowest BCUT2D eigenvalue weighted by molar-refractivity contribution is -0.907. The van der Waals surface area contributed by atoms with E-state index in [1.165, 1.54) is 141 Å².